The Hall–Kier alpha value is -7.22. The second-order valence-corrected chi connectivity index (χ2v) is 14.6. The minimum atomic E-state index is 1.10. The number of aryl methyl sites for hydroxylation is 1. The molecule has 0 aliphatic rings. The topological polar surface area (TPSA) is 3.24 Å². The van der Waals surface area contributed by atoms with Gasteiger partial charge in [0.25, 0.3) is 0 Å². The summed E-state index contributed by atoms with van der Waals surface area (Å²) < 4.78 is 0. The van der Waals surface area contributed by atoms with Crippen molar-refractivity contribution >= 4 is 49.4 Å². The zero-order chi connectivity index (χ0) is 37.4. The van der Waals surface area contributed by atoms with E-state index < -0.39 is 0 Å². The van der Waals surface area contributed by atoms with Gasteiger partial charge in [-0.05, 0) is 115 Å². The van der Waals surface area contributed by atoms with Crippen LogP contribution in [0.3, 0.4) is 0 Å². The van der Waals surface area contributed by atoms with Crippen LogP contribution in [0.2, 0.25) is 0 Å². The summed E-state index contributed by atoms with van der Waals surface area (Å²) in [6, 6.07) is 79.7. The van der Waals surface area contributed by atoms with Crippen molar-refractivity contribution in [3.63, 3.8) is 0 Å². The van der Waals surface area contributed by atoms with Crippen molar-refractivity contribution in [1.29, 1.82) is 0 Å². The molecule has 0 N–H and O–H groups in total. The molecular formula is C55H39N. The normalized spacial score (nSPS) is 11.3. The van der Waals surface area contributed by atoms with E-state index in [1.807, 2.05) is 0 Å². The average molecular weight is 714 g/mol. The van der Waals surface area contributed by atoms with Crippen molar-refractivity contribution in [1.82, 2.24) is 0 Å². The van der Waals surface area contributed by atoms with Crippen molar-refractivity contribution in [3.8, 4) is 44.5 Å². The molecule has 10 aromatic carbocycles. The largest absolute Gasteiger partial charge is 0.310 e. The minimum absolute atomic E-state index is 1.10. The summed E-state index contributed by atoms with van der Waals surface area (Å²) >= 11 is 0. The lowest BCUT2D eigenvalue weighted by Crippen LogP contribution is -2.10. The molecule has 264 valence electrons. The molecule has 0 unspecified atom stereocenters. The Kier molecular flexibility index (Phi) is 8.46. The van der Waals surface area contributed by atoms with Gasteiger partial charge in [0, 0.05) is 16.8 Å². The predicted octanol–water partition coefficient (Wildman–Crippen LogP) is 15.6. The molecule has 0 aliphatic heterocycles. The van der Waals surface area contributed by atoms with Crippen molar-refractivity contribution in [2.24, 2.45) is 0 Å². The van der Waals surface area contributed by atoms with Crippen molar-refractivity contribution in [3.05, 3.63) is 224 Å². The lowest BCUT2D eigenvalue weighted by atomic mass is 9.91. The average Bonchev–Trinajstić information content (AvgIpc) is 3.27. The summed E-state index contributed by atoms with van der Waals surface area (Å²) in [4.78, 5) is 2.41. The third-order valence-corrected chi connectivity index (χ3v) is 11.1. The molecule has 10 aromatic rings. The number of nitrogens with zero attached hydrogens (tertiary/aromatic N) is 1. The number of rotatable bonds is 7. The van der Waals surface area contributed by atoms with Gasteiger partial charge in [0.1, 0.15) is 0 Å². The monoisotopic (exact) mass is 713 g/mol. The summed E-state index contributed by atoms with van der Waals surface area (Å²) in [5.41, 5.74) is 14.4. The molecule has 0 atom stereocenters. The molecule has 56 heavy (non-hydrogen) atoms. The van der Waals surface area contributed by atoms with Crippen molar-refractivity contribution in [2.75, 3.05) is 4.90 Å². The quantitative estimate of drug-likeness (QED) is 0.159. The first kappa shape index (κ1) is 33.4. The molecule has 0 saturated carbocycles. The molecule has 0 fully saturated rings. The predicted molar refractivity (Wildman–Crippen MR) is 240 cm³/mol. The zero-order valence-corrected chi connectivity index (χ0v) is 31.2. The lowest BCUT2D eigenvalue weighted by molar-refractivity contribution is 1.30. The maximum absolute atomic E-state index is 2.41. The molecule has 0 bridgehead atoms. The second kappa shape index (κ2) is 14.2. The Morgan fingerprint density at radius 1 is 0.304 bits per heavy atom. The van der Waals surface area contributed by atoms with E-state index in [1.54, 1.807) is 0 Å². The molecule has 0 aromatic heterocycles. The summed E-state index contributed by atoms with van der Waals surface area (Å²) in [6.07, 6.45) is 0. The van der Waals surface area contributed by atoms with Crippen LogP contribution in [0.25, 0.3) is 76.8 Å². The van der Waals surface area contributed by atoms with Gasteiger partial charge in [0.2, 0.25) is 0 Å². The summed E-state index contributed by atoms with van der Waals surface area (Å²) in [6.45, 7) is 2.14. The van der Waals surface area contributed by atoms with Crippen LogP contribution in [0.4, 0.5) is 17.1 Å². The van der Waals surface area contributed by atoms with Gasteiger partial charge in [0.15, 0.2) is 0 Å². The Morgan fingerprint density at radius 3 is 1.50 bits per heavy atom. The van der Waals surface area contributed by atoms with Crippen molar-refractivity contribution < 1.29 is 0 Å². The minimum Gasteiger partial charge on any atom is -0.310 e. The number of hydrogen-bond acceptors (Lipinski definition) is 1. The van der Waals surface area contributed by atoms with E-state index in [-0.39, 0.29) is 0 Å². The second-order valence-electron chi connectivity index (χ2n) is 14.6. The van der Waals surface area contributed by atoms with Gasteiger partial charge in [-0.3, -0.25) is 0 Å². The highest BCUT2D eigenvalue weighted by molar-refractivity contribution is 6.08. The molecular weight excluding hydrogens is 675 g/mol. The van der Waals surface area contributed by atoms with E-state index >= 15 is 0 Å². The van der Waals surface area contributed by atoms with E-state index in [0.29, 0.717) is 0 Å². The van der Waals surface area contributed by atoms with Crippen molar-refractivity contribution in [2.45, 2.75) is 6.92 Å². The molecule has 0 saturated heterocycles. The van der Waals surface area contributed by atoms with Gasteiger partial charge in [-0.25, -0.2) is 0 Å². The van der Waals surface area contributed by atoms with Crippen LogP contribution in [-0.2, 0) is 0 Å². The third kappa shape index (κ3) is 6.10. The van der Waals surface area contributed by atoms with Crippen LogP contribution in [0, 0.1) is 6.92 Å². The zero-order valence-electron chi connectivity index (χ0n) is 31.2. The molecule has 0 heterocycles. The standard InChI is InChI=1S/C55H39N/c1-38-21-23-42(24-22-38)50-19-9-15-44-16-10-20-51(55(44)50)43-29-33-48(34-30-43)56(47-31-27-41(28-32-47)39-11-3-2-4-12-39)54-36-35-49(52-17-7-8-18-53(52)54)46-26-25-40-13-5-6-14-45(40)37-46/h2-37H,1H3. The molecule has 1 nitrogen and oxygen atoms in total. The highest BCUT2D eigenvalue weighted by atomic mass is 15.1. The first-order valence-electron chi connectivity index (χ1n) is 19.3. The first-order chi connectivity index (χ1) is 27.7. The van der Waals surface area contributed by atoms with E-state index in [1.165, 1.54) is 82.4 Å². The Bertz CT molecular complexity index is 2990. The maximum atomic E-state index is 2.41. The smallest absolute Gasteiger partial charge is 0.0540 e. The fraction of sp³-hybridized carbons (Fsp3) is 0.0182. The summed E-state index contributed by atoms with van der Waals surface area (Å²) in [5, 5.41) is 7.43. The highest BCUT2D eigenvalue weighted by Crippen LogP contribution is 2.44. The SMILES string of the molecule is Cc1ccc(-c2cccc3cccc(-c4ccc(N(c5ccc(-c6ccccc6)cc5)c5ccc(-c6ccc7ccccc7c6)c6ccccc56)cc4)c23)cc1. The fourth-order valence-corrected chi connectivity index (χ4v) is 8.29. The number of benzene rings is 10. The number of hydrogen-bond donors (Lipinski definition) is 0. The van der Waals surface area contributed by atoms with Gasteiger partial charge in [-0.1, -0.05) is 188 Å². The number of fused-ring (bicyclic) bond motifs is 3. The van der Waals surface area contributed by atoms with E-state index in [4.69, 9.17) is 0 Å². The Morgan fingerprint density at radius 2 is 0.821 bits per heavy atom. The lowest BCUT2D eigenvalue weighted by Gasteiger charge is -2.28. The number of anilines is 3. The van der Waals surface area contributed by atoms with E-state index in [2.05, 4.69) is 230 Å². The van der Waals surface area contributed by atoms with E-state index in [0.717, 1.165) is 17.1 Å². The van der Waals surface area contributed by atoms with Crippen LogP contribution in [0.15, 0.2) is 218 Å². The fourth-order valence-electron chi connectivity index (χ4n) is 8.29. The third-order valence-electron chi connectivity index (χ3n) is 11.1. The molecule has 0 radical (unpaired) electrons. The Balaban J connectivity index is 1.12. The molecule has 0 amide bonds. The van der Waals surface area contributed by atoms with E-state index in [9.17, 15) is 0 Å². The van der Waals surface area contributed by atoms with Crippen LogP contribution >= 0.6 is 0 Å². The summed E-state index contributed by atoms with van der Waals surface area (Å²) in [5.74, 6) is 0. The van der Waals surface area contributed by atoms with Crippen LogP contribution in [0.1, 0.15) is 5.56 Å². The Labute approximate surface area is 328 Å². The molecule has 0 spiro atoms. The van der Waals surface area contributed by atoms with Gasteiger partial charge >= 0.3 is 0 Å². The summed E-state index contributed by atoms with van der Waals surface area (Å²) in [7, 11) is 0. The molecule has 10 rings (SSSR count). The molecule has 0 aliphatic carbocycles. The molecule has 1 heteroatoms. The van der Waals surface area contributed by atoms with Crippen LogP contribution in [-0.4, -0.2) is 0 Å². The van der Waals surface area contributed by atoms with Crippen LogP contribution in [0.5, 0.6) is 0 Å². The van der Waals surface area contributed by atoms with Gasteiger partial charge in [-0.2, -0.15) is 0 Å². The van der Waals surface area contributed by atoms with Gasteiger partial charge in [-0.15, -0.1) is 0 Å². The first-order valence-corrected chi connectivity index (χ1v) is 19.3. The highest BCUT2D eigenvalue weighted by Gasteiger charge is 2.19. The van der Waals surface area contributed by atoms with Crippen LogP contribution < -0.4 is 4.90 Å². The van der Waals surface area contributed by atoms with Gasteiger partial charge < -0.3 is 4.90 Å². The maximum Gasteiger partial charge on any atom is 0.0540 e. The van der Waals surface area contributed by atoms with Gasteiger partial charge in [0.05, 0.1) is 5.69 Å².